The minimum Gasteiger partial charge on any atom is -0.396 e. The van der Waals surface area contributed by atoms with Crippen LogP contribution in [0.4, 0.5) is 0 Å². The average Bonchev–Trinajstić information content (AvgIpc) is 2.77. The molecule has 0 spiro atoms. The van der Waals surface area contributed by atoms with Crippen LogP contribution in [0.2, 0.25) is 0 Å². The maximum atomic E-state index is 8.89. The van der Waals surface area contributed by atoms with Crippen molar-refractivity contribution in [3.8, 4) is 0 Å². The van der Waals surface area contributed by atoms with E-state index < -0.39 is 0 Å². The van der Waals surface area contributed by atoms with E-state index in [2.05, 4.69) is 50.0 Å². The van der Waals surface area contributed by atoms with Gasteiger partial charge in [-0.1, -0.05) is 45.0 Å². The van der Waals surface area contributed by atoms with Gasteiger partial charge in [-0.25, -0.2) is 4.98 Å². The molecule has 2 aromatic rings. The van der Waals surface area contributed by atoms with E-state index in [-0.39, 0.29) is 12.0 Å². The molecule has 1 heterocycles. The molecule has 0 unspecified atom stereocenters. The number of aliphatic hydroxyl groups is 1. The summed E-state index contributed by atoms with van der Waals surface area (Å²) in [5, 5.41) is 12.0. The Kier molecular flexibility index (Phi) is 4.38. The number of rotatable bonds is 4. The largest absolute Gasteiger partial charge is 0.396 e. The zero-order valence-electron chi connectivity index (χ0n) is 11.8. The summed E-state index contributed by atoms with van der Waals surface area (Å²) < 4.78 is 0. The fourth-order valence-corrected chi connectivity index (χ4v) is 2.82. The molecule has 1 aromatic carbocycles. The van der Waals surface area contributed by atoms with Crippen molar-refractivity contribution in [3.63, 3.8) is 0 Å². The quantitative estimate of drug-likeness (QED) is 0.925. The predicted molar refractivity (Wildman–Crippen MR) is 80.9 cm³/mol. The van der Waals surface area contributed by atoms with Crippen LogP contribution in [0.25, 0.3) is 0 Å². The van der Waals surface area contributed by atoms with Crippen LogP contribution in [0.15, 0.2) is 29.6 Å². The molecule has 3 heteroatoms. The van der Waals surface area contributed by atoms with Gasteiger partial charge in [0.25, 0.3) is 0 Å². The topological polar surface area (TPSA) is 33.1 Å². The van der Waals surface area contributed by atoms with Gasteiger partial charge in [0.15, 0.2) is 0 Å². The highest BCUT2D eigenvalue weighted by molar-refractivity contribution is 7.09. The number of benzene rings is 1. The average molecular weight is 275 g/mol. The third kappa shape index (κ3) is 3.88. The van der Waals surface area contributed by atoms with Gasteiger partial charge in [-0.2, -0.15) is 0 Å². The molecule has 2 rings (SSSR count). The monoisotopic (exact) mass is 275 g/mol. The van der Waals surface area contributed by atoms with Crippen molar-refractivity contribution in [2.45, 2.75) is 39.0 Å². The van der Waals surface area contributed by atoms with Crippen LogP contribution in [-0.2, 0) is 18.3 Å². The van der Waals surface area contributed by atoms with Gasteiger partial charge in [-0.15, -0.1) is 11.3 Å². The van der Waals surface area contributed by atoms with Gasteiger partial charge in [-0.3, -0.25) is 0 Å². The van der Waals surface area contributed by atoms with E-state index in [4.69, 9.17) is 5.11 Å². The molecule has 0 saturated carbocycles. The highest BCUT2D eigenvalue weighted by Gasteiger charge is 2.13. The molecule has 0 aliphatic carbocycles. The summed E-state index contributed by atoms with van der Waals surface area (Å²) in [5.41, 5.74) is 3.84. The number of thiazole rings is 1. The van der Waals surface area contributed by atoms with Crippen LogP contribution in [0.5, 0.6) is 0 Å². The Bertz CT molecular complexity index is 522. The van der Waals surface area contributed by atoms with Gasteiger partial charge >= 0.3 is 0 Å². The fraction of sp³-hybridized carbons (Fsp3) is 0.438. The SMILES string of the molecule is CC(C)(C)c1ccc(Cc2nc(CCO)cs2)cc1. The zero-order chi connectivity index (χ0) is 13.9. The third-order valence-corrected chi connectivity index (χ3v) is 4.04. The van der Waals surface area contributed by atoms with Crippen molar-refractivity contribution >= 4 is 11.3 Å². The van der Waals surface area contributed by atoms with Crippen LogP contribution in [-0.4, -0.2) is 16.7 Å². The van der Waals surface area contributed by atoms with Crippen molar-refractivity contribution in [1.29, 1.82) is 0 Å². The third-order valence-electron chi connectivity index (χ3n) is 3.14. The summed E-state index contributed by atoms with van der Waals surface area (Å²) in [6.45, 7) is 6.85. The number of aromatic nitrogens is 1. The maximum Gasteiger partial charge on any atom is 0.0972 e. The number of aliphatic hydroxyl groups excluding tert-OH is 1. The van der Waals surface area contributed by atoms with Crippen LogP contribution >= 0.6 is 11.3 Å². The van der Waals surface area contributed by atoms with E-state index >= 15 is 0 Å². The number of hydrogen-bond acceptors (Lipinski definition) is 3. The Hall–Kier alpha value is -1.19. The predicted octanol–water partition coefficient (Wildman–Crippen LogP) is 3.57. The van der Waals surface area contributed by atoms with E-state index in [1.165, 1.54) is 11.1 Å². The lowest BCUT2D eigenvalue weighted by Gasteiger charge is -2.19. The molecule has 0 fully saturated rings. The molecule has 0 amide bonds. The van der Waals surface area contributed by atoms with Gasteiger partial charge in [0, 0.05) is 24.8 Å². The first-order chi connectivity index (χ1) is 8.99. The van der Waals surface area contributed by atoms with E-state index in [1.807, 2.05) is 5.38 Å². The first-order valence-corrected chi connectivity index (χ1v) is 7.50. The summed E-state index contributed by atoms with van der Waals surface area (Å²) in [6.07, 6.45) is 1.53. The highest BCUT2D eigenvalue weighted by atomic mass is 32.1. The van der Waals surface area contributed by atoms with Crippen LogP contribution in [0.1, 0.15) is 42.6 Å². The lowest BCUT2D eigenvalue weighted by Crippen LogP contribution is -2.10. The van der Waals surface area contributed by atoms with Crippen LogP contribution in [0.3, 0.4) is 0 Å². The Morgan fingerprint density at radius 3 is 2.42 bits per heavy atom. The van der Waals surface area contributed by atoms with Crippen molar-refractivity contribution in [2.24, 2.45) is 0 Å². The van der Waals surface area contributed by atoms with E-state index in [0.717, 1.165) is 17.1 Å². The summed E-state index contributed by atoms with van der Waals surface area (Å²) in [5.74, 6) is 0. The highest BCUT2D eigenvalue weighted by Crippen LogP contribution is 2.23. The number of nitrogens with zero attached hydrogens (tertiary/aromatic N) is 1. The summed E-state index contributed by atoms with van der Waals surface area (Å²) in [4.78, 5) is 4.52. The van der Waals surface area contributed by atoms with Gasteiger partial charge in [0.1, 0.15) is 0 Å². The zero-order valence-corrected chi connectivity index (χ0v) is 12.6. The van der Waals surface area contributed by atoms with Crippen molar-refractivity contribution < 1.29 is 5.11 Å². The molecular weight excluding hydrogens is 254 g/mol. The van der Waals surface area contributed by atoms with Gasteiger partial charge < -0.3 is 5.11 Å². The maximum absolute atomic E-state index is 8.89. The second kappa shape index (κ2) is 5.85. The molecule has 0 atom stereocenters. The van der Waals surface area contributed by atoms with Crippen molar-refractivity contribution in [2.75, 3.05) is 6.61 Å². The summed E-state index contributed by atoms with van der Waals surface area (Å²) >= 11 is 1.67. The van der Waals surface area contributed by atoms with Gasteiger partial charge in [-0.05, 0) is 16.5 Å². The Labute approximate surface area is 119 Å². The van der Waals surface area contributed by atoms with Gasteiger partial charge in [0.05, 0.1) is 10.7 Å². The Balaban J connectivity index is 2.06. The number of hydrogen-bond donors (Lipinski definition) is 1. The second-order valence-corrected chi connectivity index (χ2v) is 6.77. The molecule has 0 radical (unpaired) electrons. The van der Waals surface area contributed by atoms with Crippen LogP contribution < -0.4 is 0 Å². The standard InChI is InChI=1S/C16H21NOS/c1-16(2,3)13-6-4-12(5-7-13)10-15-17-14(8-9-18)11-19-15/h4-7,11,18H,8-10H2,1-3H3. The van der Waals surface area contributed by atoms with Crippen molar-refractivity contribution in [3.05, 3.63) is 51.5 Å². The lowest BCUT2D eigenvalue weighted by atomic mass is 9.86. The molecule has 0 aliphatic heterocycles. The molecular formula is C16H21NOS. The Morgan fingerprint density at radius 2 is 1.84 bits per heavy atom. The fourth-order valence-electron chi connectivity index (χ4n) is 1.96. The Morgan fingerprint density at radius 1 is 1.16 bits per heavy atom. The molecule has 0 bridgehead atoms. The molecule has 2 nitrogen and oxygen atoms in total. The van der Waals surface area contributed by atoms with Crippen molar-refractivity contribution in [1.82, 2.24) is 4.98 Å². The lowest BCUT2D eigenvalue weighted by molar-refractivity contribution is 0.298. The van der Waals surface area contributed by atoms with Crippen LogP contribution in [0, 0.1) is 0 Å². The summed E-state index contributed by atoms with van der Waals surface area (Å²) in [6, 6.07) is 8.79. The molecule has 0 aliphatic rings. The molecule has 1 N–H and O–H groups in total. The molecule has 102 valence electrons. The second-order valence-electron chi connectivity index (χ2n) is 5.83. The summed E-state index contributed by atoms with van der Waals surface area (Å²) in [7, 11) is 0. The van der Waals surface area contributed by atoms with Gasteiger partial charge in [0.2, 0.25) is 0 Å². The first-order valence-electron chi connectivity index (χ1n) is 6.62. The van der Waals surface area contributed by atoms with E-state index in [0.29, 0.717) is 6.42 Å². The minimum absolute atomic E-state index is 0.170. The molecule has 0 saturated heterocycles. The smallest absolute Gasteiger partial charge is 0.0972 e. The van der Waals surface area contributed by atoms with E-state index in [1.54, 1.807) is 11.3 Å². The minimum atomic E-state index is 0.170. The van der Waals surface area contributed by atoms with E-state index in [9.17, 15) is 0 Å². The molecule has 19 heavy (non-hydrogen) atoms. The first kappa shape index (κ1) is 14.2. The molecule has 1 aromatic heterocycles. The normalized spacial score (nSPS) is 11.8.